The molecule has 102 valence electrons. The highest BCUT2D eigenvalue weighted by molar-refractivity contribution is 5.79. The second-order valence-corrected chi connectivity index (χ2v) is 4.30. The van der Waals surface area contributed by atoms with Gasteiger partial charge in [-0.15, -0.1) is 0 Å². The normalized spacial score (nSPS) is 10.1. The number of benzene rings is 1. The van der Waals surface area contributed by atoms with Crippen LogP contribution < -0.4 is 4.90 Å². The third-order valence-electron chi connectivity index (χ3n) is 2.87. The number of aldehydes is 1. The fourth-order valence-electron chi connectivity index (χ4n) is 1.90. The predicted octanol–water partition coefficient (Wildman–Crippen LogP) is 2.44. The Labute approximate surface area is 115 Å². The molecule has 2 aromatic rings. The number of hydrogen-bond donors (Lipinski definition) is 0. The van der Waals surface area contributed by atoms with Crippen molar-refractivity contribution in [2.24, 2.45) is 0 Å². The molecule has 0 saturated heterocycles. The summed E-state index contributed by atoms with van der Waals surface area (Å²) in [5, 5.41) is 11.1. The van der Waals surface area contributed by atoms with Crippen molar-refractivity contribution in [3.8, 4) is 0 Å². The summed E-state index contributed by atoms with van der Waals surface area (Å²) in [6.07, 6.45) is 2.27. The maximum absolute atomic E-state index is 11.1. The molecule has 0 N–H and O–H groups in total. The molecule has 0 aliphatic carbocycles. The first-order chi connectivity index (χ1) is 9.61. The summed E-state index contributed by atoms with van der Waals surface area (Å²) in [4.78, 5) is 27.2. The zero-order valence-corrected chi connectivity index (χ0v) is 10.9. The quantitative estimate of drug-likeness (QED) is 0.474. The Balaban J connectivity index is 2.31. The van der Waals surface area contributed by atoms with Gasteiger partial charge in [-0.1, -0.05) is 6.07 Å². The Hall–Kier alpha value is -2.76. The molecule has 0 aliphatic rings. The van der Waals surface area contributed by atoms with E-state index in [-0.39, 0.29) is 11.3 Å². The molecule has 0 saturated carbocycles. The van der Waals surface area contributed by atoms with Crippen molar-refractivity contribution >= 4 is 17.7 Å². The first-order valence-electron chi connectivity index (χ1n) is 5.96. The van der Waals surface area contributed by atoms with Gasteiger partial charge in [0, 0.05) is 24.9 Å². The van der Waals surface area contributed by atoms with Crippen LogP contribution in [0.1, 0.15) is 16.1 Å². The van der Waals surface area contributed by atoms with Crippen LogP contribution in [0.4, 0.5) is 11.4 Å². The summed E-state index contributed by atoms with van der Waals surface area (Å²) in [5.41, 5.74) is 1.45. The minimum absolute atomic E-state index is 0.0898. The molecule has 0 fully saturated rings. The number of carbonyl (C=O) groups excluding carboxylic acids is 1. The number of nitro groups is 1. The van der Waals surface area contributed by atoms with Gasteiger partial charge >= 0.3 is 0 Å². The van der Waals surface area contributed by atoms with Crippen molar-refractivity contribution in [3.63, 3.8) is 0 Å². The first-order valence-corrected chi connectivity index (χ1v) is 5.96. The fraction of sp³-hybridized carbons (Fsp3) is 0.143. The molecule has 0 unspecified atom stereocenters. The average Bonchev–Trinajstić information content (AvgIpc) is 2.47. The van der Waals surface area contributed by atoms with Crippen LogP contribution in [0.3, 0.4) is 0 Å². The lowest BCUT2D eigenvalue weighted by molar-refractivity contribution is -0.384. The number of nitrogens with zero attached hydrogens (tertiary/aromatic N) is 3. The molecule has 1 heterocycles. The molecule has 1 aromatic carbocycles. The Morgan fingerprint density at radius 3 is 2.75 bits per heavy atom. The summed E-state index contributed by atoms with van der Waals surface area (Å²) in [6.45, 7) is 0.447. The summed E-state index contributed by atoms with van der Waals surface area (Å²) in [7, 11) is 1.75. The van der Waals surface area contributed by atoms with E-state index in [4.69, 9.17) is 0 Å². The highest BCUT2D eigenvalue weighted by atomic mass is 16.6. The van der Waals surface area contributed by atoms with Gasteiger partial charge in [-0.2, -0.15) is 0 Å². The Bertz CT molecular complexity index is 629. The van der Waals surface area contributed by atoms with Gasteiger partial charge in [-0.3, -0.25) is 19.9 Å². The van der Waals surface area contributed by atoms with E-state index in [1.807, 2.05) is 18.2 Å². The molecule has 0 atom stereocenters. The van der Waals surface area contributed by atoms with E-state index in [2.05, 4.69) is 4.98 Å². The molecule has 0 radical (unpaired) electrons. The lowest BCUT2D eigenvalue weighted by Gasteiger charge is -2.18. The third kappa shape index (κ3) is 2.97. The molecule has 6 heteroatoms. The highest BCUT2D eigenvalue weighted by Crippen LogP contribution is 2.28. The molecular weight excluding hydrogens is 258 g/mol. The molecule has 0 aliphatic heterocycles. The first kappa shape index (κ1) is 13.7. The van der Waals surface area contributed by atoms with Gasteiger partial charge in [0.05, 0.1) is 17.2 Å². The maximum Gasteiger partial charge on any atom is 0.293 e. The lowest BCUT2D eigenvalue weighted by Crippen LogP contribution is -2.18. The number of nitro benzene ring substituents is 1. The van der Waals surface area contributed by atoms with Crippen molar-refractivity contribution in [3.05, 3.63) is 64.0 Å². The minimum atomic E-state index is -0.489. The van der Waals surface area contributed by atoms with Gasteiger partial charge in [0.2, 0.25) is 0 Å². The van der Waals surface area contributed by atoms with E-state index in [1.165, 1.54) is 6.07 Å². The van der Waals surface area contributed by atoms with Gasteiger partial charge in [0.25, 0.3) is 5.69 Å². The molecule has 0 bridgehead atoms. The van der Waals surface area contributed by atoms with Crippen LogP contribution in [-0.2, 0) is 6.54 Å². The van der Waals surface area contributed by atoms with Crippen LogP contribution >= 0.6 is 0 Å². The summed E-state index contributed by atoms with van der Waals surface area (Å²) in [5.74, 6) is 0. The molecule has 6 nitrogen and oxygen atoms in total. The standard InChI is InChI=1S/C14H13N3O3/c1-16(9-12-4-2-3-7-15-12)13-6-5-11(10-18)8-14(13)17(19)20/h2-8,10H,9H2,1H3. The smallest absolute Gasteiger partial charge is 0.293 e. The average molecular weight is 271 g/mol. The number of carbonyl (C=O) groups is 1. The van der Waals surface area contributed by atoms with Gasteiger partial charge in [-0.25, -0.2) is 0 Å². The van der Waals surface area contributed by atoms with Crippen molar-refractivity contribution in [2.75, 3.05) is 11.9 Å². The van der Waals surface area contributed by atoms with Crippen LogP contribution in [0.15, 0.2) is 42.6 Å². The summed E-state index contributed by atoms with van der Waals surface area (Å²) >= 11 is 0. The largest absolute Gasteiger partial charge is 0.363 e. The maximum atomic E-state index is 11.1. The summed E-state index contributed by atoms with van der Waals surface area (Å²) in [6, 6.07) is 9.93. The van der Waals surface area contributed by atoms with E-state index >= 15 is 0 Å². The second-order valence-electron chi connectivity index (χ2n) is 4.30. The molecule has 2 rings (SSSR count). The monoisotopic (exact) mass is 271 g/mol. The van der Waals surface area contributed by atoms with Crippen molar-refractivity contribution in [1.82, 2.24) is 4.98 Å². The van der Waals surface area contributed by atoms with Crippen LogP contribution in [-0.4, -0.2) is 23.2 Å². The SMILES string of the molecule is CN(Cc1ccccn1)c1ccc(C=O)cc1[N+](=O)[O-]. The lowest BCUT2D eigenvalue weighted by atomic mass is 10.1. The van der Waals surface area contributed by atoms with E-state index in [9.17, 15) is 14.9 Å². The molecule has 0 spiro atoms. The van der Waals surface area contributed by atoms with Gasteiger partial charge in [-0.05, 0) is 24.3 Å². The predicted molar refractivity (Wildman–Crippen MR) is 74.8 cm³/mol. The van der Waals surface area contributed by atoms with Gasteiger partial charge < -0.3 is 4.90 Å². The second kappa shape index (κ2) is 5.92. The fourth-order valence-corrected chi connectivity index (χ4v) is 1.90. The van der Waals surface area contributed by atoms with E-state index in [0.29, 0.717) is 18.5 Å². The number of rotatable bonds is 5. The van der Waals surface area contributed by atoms with E-state index < -0.39 is 4.92 Å². The third-order valence-corrected chi connectivity index (χ3v) is 2.87. The molecular formula is C14H13N3O3. The molecule has 1 aromatic heterocycles. The van der Waals surface area contributed by atoms with Crippen LogP contribution in [0.25, 0.3) is 0 Å². The van der Waals surface area contributed by atoms with E-state index in [0.717, 1.165) is 5.69 Å². The van der Waals surface area contributed by atoms with Crippen molar-refractivity contribution in [2.45, 2.75) is 6.54 Å². The van der Waals surface area contributed by atoms with Gasteiger partial charge in [0.1, 0.15) is 12.0 Å². The minimum Gasteiger partial charge on any atom is -0.363 e. The Morgan fingerprint density at radius 1 is 1.35 bits per heavy atom. The topological polar surface area (TPSA) is 76.3 Å². The Morgan fingerprint density at radius 2 is 2.15 bits per heavy atom. The number of anilines is 1. The van der Waals surface area contributed by atoms with Crippen molar-refractivity contribution < 1.29 is 9.72 Å². The Kier molecular flexibility index (Phi) is 4.05. The number of hydrogen-bond acceptors (Lipinski definition) is 5. The van der Waals surface area contributed by atoms with Crippen LogP contribution in [0.2, 0.25) is 0 Å². The van der Waals surface area contributed by atoms with Crippen molar-refractivity contribution in [1.29, 1.82) is 0 Å². The number of aromatic nitrogens is 1. The van der Waals surface area contributed by atoms with Crippen LogP contribution in [0, 0.1) is 10.1 Å². The molecule has 20 heavy (non-hydrogen) atoms. The number of pyridine rings is 1. The zero-order valence-electron chi connectivity index (χ0n) is 10.9. The van der Waals surface area contributed by atoms with Gasteiger partial charge in [0.15, 0.2) is 0 Å². The zero-order chi connectivity index (χ0) is 14.5. The molecule has 0 amide bonds. The van der Waals surface area contributed by atoms with Crippen LogP contribution in [0.5, 0.6) is 0 Å². The van der Waals surface area contributed by atoms with E-state index in [1.54, 1.807) is 30.3 Å². The highest BCUT2D eigenvalue weighted by Gasteiger charge is 2.18. The summed E-state index contributed by atoms with van der Waals surface area (Å²) < 4.78 is 0.